The molecule has 1 saturated heterocycles. The van der Waals surface area contributed by atoms with Crippen molar-refractivity contribution in [3.8, 4) is 0 Å². The molecule has 1 aliphatic rings. The summed E-state index contributed by atoms with van der Waals surface area (Å²) >= 11 is 0. The van der Waals surface area contributed by atoms with Gasteiger partial charge in [0, 0.05) is 49.3 Å². The number of hydrogen-bond donors (Lipinski definition) is 1. The van der Waals surface area contributed by atoms with Crippen LogP contribution in [0.3, 0.4) is 0 Å². The van der Waals surface area contributed by atoms with Gasteiger partial charge >= 0.3 is 0 Å². The topological polar surface area (TPSA) is 48.5 Å². The maximum Gasteiger partial charge on any atom is 0.254 e. The summed E-state index contributed by atoms with van der Waals surface area (Å²) in [5, 5.41) is 3.38. The van der Waals surface area contributed by atoms with Crippen LogP contribution in [0.2, 0.25) is 0 Å². The third-order valence-electron chi connectivity index (χ3n) is 5.55. The fraction of sp³-hybridized carbons (Fsp3) is 0.478. The van der Waals surface area contributed by atoms with E-state index in [1.165, 1.54) is 12.1 Å². The first-order chi connectivity index (χ1) is 13.5. The van der Waals surface area contributed by atoms with E-state index >= 15 is 0 Å². The Morgan fingerprint density at radius 3 is 2.71 bits per heavy atom. The van der Waals surface area contributed by atoms with E-state index in [0.717, 1.165) is 43.9 Å². The molecule has 0 spiro atoms. The standard InChI is InChI=1S/C23H32N4O/c1-5-26(6-2)20-9-10-21(18(4)14-20)25-22-15-19(11-12-24-22)23(28)27-13-7-8-17(3)16-27/h9-12,14-15,17H,5-8,13,16H2,1-4H3,(H,24,25). The van der Waals surface area contributed by atoms with Crippen molar-refractivity contribution in [2.75, 3.05) is 36.4 Å². The van der Waals surface area contributed by atoms with Gasteiger partial charge in [-0.3, -0.25) is 4.79 Å². The van der Waals surface area contributed by atoms with Gasteiger partial charge < -0.3 is 15.1 Å². The number of aromatic nitrogens is 1. The minimum atomic E-state index is 0.102. The van der Waals surface area contributed by atoms with Crippen LogP contribution < -0.4 is 10.2 Å². The number of nitrogens with one attached hydrogen (secondary N) is 1. The van der Waals surface area contributed by atoms with Crippen LogP contribution in [0.4, 0.5) is 17.2 Å². The van der Waals surface area contributed by atoms with Crippen LogP contribution in [-0.4, -0.2) is 42.0 Å². The number of amides is 1. The lowest BCUT2D eigenvalue weighted by Gasteiger charge is -2.31. The quantitative estimate of drug-likeness (QED) is 0.778. The lowest BCUT2D eigenvalue weighted by molar-refractivity contribution is 0.0683. The second-order valence-corrected chi connectivity index (χ2v) is 7.72. The lowest BCUT2D eigenvalue weighted by Crippen LogP contribution is -2.39. The molecule has 3 rings (SSSR count). The number of pyridine rings is 1. The van der Waals surface area contributed by atoms with E-state index in [1.807, 2.05) is 17.0 Å². The molecule has 0 aliphatic carbocycles. The van der Waals surface area contributed by atoms with Gasteiger partial charge in [0.25, 0.3) is 5.91 Å². The molecule has 2 aromatic rings. The Bertz CT molecular complexity index is 816. The average molecular weight is 381 g/mol. The van der Waals surface area contributed by atoms with Crippen LogP contribution in [-0.2, 0) is 0 Å². The van der Waals surface area contributed by atoms with Gasteiger partial charge in [-0.1, -0.05) is 6.92 Å². The number of benzene rings is 1. The Labute approximate surface area is 168 Å². The molecule has 28 heavy (non-hydrogen) atoms. The minimum absolute atomic E-state index is 0.102. The number of anilines is 3. The first-order valence-electron chi connectivity index (χ1n) is 10.4. The van der Waals surface area contributed by atoms with E-state index < -0.39 is 0 Å². The summed E-state index contributed by atoms with van der Waals surface area (Å²) < 4.78 is 0. The summed E-state index contributed by atoms with van der Waals surface area (Å²) in [6.07, 6.45) is 4.00. The van der Waals surface area contributed by atoms with Crippen LogP contribution in [0.1, 0.15) is 49.5 Å². The summed E-state index contributed by atoms with van der Waals surface area (Å²) in [6, 6.07) is 10.1. The highest BCUT2D eigenvalue weighted by molar-refractivity contribution is 5.95. The van der Waals surface area contributed by atoms with Gasteiger partial charge in [0.1, 0.15) is 5.82 Å². The van der Waals surface area contributed by atoms with E-state index in [-0.39, 0.29) is 5.91 Å². The first kappa shape index (κ1) is 20.2. The zero-order valence-electron chi connectivity index (χ0n) is 17.5. The van der Waals surface area contributed by atoms with E-state index in [9.17, 15) is 4.79 Å². The number of aryl methyl sites for hydroxylation is 1. The largest absolute Gasteiger partial charge is 0.372 e. The van der Waals surface area contributed by atoms with Crippen molar-refractivity contribution in [3.63, 3.8) is 0 Å². The molecule has 1 amide bonds. The Balaban J connectivity index is 1.75. The minimum Gasteiger partial charge on any atom is -0.372 e. The predicted octanol–water partition coefficient (Wildman–Crippen LogP) is 4.85. The third kappa shape index (κ3) is 4.64. The monoisotopic (exact) mass is 380 g/mol. The van der Waals surface area contributed by atoms with Crippen molar-refractivity contribution in [2.24, 2.45) is 5.92 Å². The summed E-state index contributed by atoms with van der Waals surface area (Å²) in [5.74, 6) is 1.38. The van der Waals surface area contributed by atoms with Gasteiger partial charge in [-0.15, -0.1) is 0 Å². The van der Waals surface area contributed by atoms with Crippen molar-refractivity contribution in [1.82, 2.24) is 9.88 Å². The van der Waals surface area contributed by atoms with E-state index in [0.29, 0.717) is 17.3 Å². The van der Waals surface area contributed by atoms with Crippen LogP contribution in [0.25, 0.3) is 0 Å². The van der Waals surface area contributed by atoms with Crippen molar-refractivity contribution in [1.29, 1.82) is 0 Å². The van der Waals surface area contributed by atoms with Crippen LogP contribution in [0.15, 0.2) is 36.5 Å². The fourth-order valence-corrected chi connectivity index (χ4v) is 3.90. The molecule has 1 atom stereocenters. The maximum atomic E-state index is 12.9. The van der Waals surface area contributed by atoms with E-state index in [1.54, 1.807) is 6.20 Å². The fourth-order valence-electron chi connectivity index (χ4n) is 3.90. The third-order valence-corrected chi connectivity index (χ3v) is 5.55. The highest BCUT2D eigenvalue weighted by Crippen LogP contribution is 2.26. The highest BCUT2D eigenvalue weighted by atomic mass is 16.2. The molecular weight excluding hydrogens is 348 g/mol. The van der Waals surface area contributed by atoms with Crippen molar-refractivity contribution >= 4 is 23.1 Å². The zero-order valence-corrected chi connectivity index (χ0v) is 17.5. The lowest BCUT2D eigenvalue weighted by atomic mass is 9.99. The summed E-state index contributed by atoms with van der Waals surface area (Å²) in [7, 11) is 0. The molecule has 2 heterocycles. The SMILES string of the molecule is CCN(CC)c1ccc(Nc2cc(C(=O)N3CCCC(C)C3)ccn2)c(C)c1. The van der Waals surface area contributed by atoms with Crippen LogP contribution >= 0.6 is 0 Å². The summed E-state index contributed by atoms with van der Waals surface area (Å²) in [5.41, 5.74) is 4.10. The molecule has 1 aromatic heterocycles. The van der Waals surface area contributed by atoms with Gasteiger partial charge in [0.15, 0.2) is 0 Å². The van der Waals surface area contributed by atoms with E-state index in [4.69, 9.17) is 0 Å². The van der Waals surface area contributed by atoms with Gasteiger partial charge in [-0.25, -0.2) is 4.98 Å². The molecule has 1 fully saturated rings. The smallest absolute Gasteiger partial charge is 0.254 e. The second-order valence-electron chi connectivity index (χ2n) is 7.72. The Morgan fingerprint density at radius 2 is 2.04 bits per heavy atom. The van der Waals surface area contributed by atoms with Gasteiger partial charge in [0.2, 0.25) is 0 Å². The molecule has 1 aromatic carbocycles. The molecule has 5 nitrogen and oxygen atoms in total. The van der Waals surface area contributed by atoms with Crippen molar-refractivity contribution in [3.05, 3.63) is 47.7 Å². The molecule has 1 N–H and O–H groups in total. The number of carbonyl (C=O) groups is 1. The summed E-state index contributed by atoms with van der Waals surface area (Å²) in [6.45, 7) is 12.3. The Morgan fingerprint density at radius 1 is 1.25 bits per heavy atom. The van der Waals surface area contributed by atoms with Crippen LogP contribution in [0, 0.1) is 12.8 Å². The van der Waals surface area contributed by atoms with Crippen molar-refractivity contribution < 1.29 is 4.79 Å². The molecule has 1 aliphatic heterocycles. The zero-order chi connectivity index (χ0) is 20.1. The number of nitrogens with zero attached hydrogens (tertiary/aromatic N) is 3. The van der Waals surface area contributed by atoms with E-state index in [2.05, 4.69) is 61.1 Å². The molecule has 1 unspecified atom stereocenters. The number of likely N-dealkylation sites (tertiary alicyclic amines) is 1. The number of piperidine rings is 1. The highest BCUT2D eigenvalue weighted by Gasteiger charge is 2.22. The second kappa shape index (κ2) is 9.09. The Kier molecular flexibility index (Phi) is 6.55. The number of hydrogen-bond acceptors (Lipinski definition) is 4. The summed E-state index contributed by atoms with van der Waals surface area (Å²) in [4.78, 5) is 21.6. The number of carbonyl (C=O) groups excluding carboxylic acids is 1. The molecule has 0 saturated carbocycles. The maximum absolute atomic E-state index is 12.9. The molecule has 150 valence electrons. The molecule has 5 heteroatoms. The van der Waals surface area contributed by atoms with Crippen LogP contribution in [0.5, 0.6) is 0 Å². The van der Waals surface area contributed by atoms with Crippen molar-refractivity contribution in [2.45, 2.75) is 40.5 Å². The van der Waals surface area contributed by atoms with Gasteiger partial charge in [-0.05, 0) is 75.4 Å². The first-order valence-corrected chi connectivity index (χ1v) is 10.4. The number of rotatable bonds is 6. The Hall–Kier alpha value is -2.56. The molecule has 0 bridgehead atoms. The molecular formula is C23H32N4O. The molecule has 0 radical (unpaired) electrons. The average Bonchev–Trinajstić information content (AvgIpc) is 2.70. The normalized spacial score (nSPS) is 16.7. The van der Waals surface area contributed by atoms with Gasteiger partial charge in [-0.2, -0.15) is 0 Å². The van der Waals surface area contributed by atoms with Gasteiger partial charge in [0.05, 0.1) is 0 Å². The predicted molar refractivity (Wildman–Crippen MR) is 117 cm³/mol.